The monoisotopic (exact) mass is 487 g/mol. The molecule has 9 heteroatoms. The fraction of sp³-hybridized carbons (Fsp3) is 0.417. The number of carbonyl (C=O) groups is 1. The summed E-state index contributed by atoms with van der Waals surface area (Å²) in [6.45, 7) is 4.53. The fourth-order valence-corrected chi connectivity index (χ4v) is 4.92. The van der Waals surface area contributed by atoms with E-state index in [1.165, 1.54) is 42.3 Å². The molecule has 2 heterocycles. The maximum Gasteiger partial charge on any atom is 0.253 e. The van der Waals surface area contributed by atoms with Crippen LogP contribution in [0.5, 0.6) is 0 Å². The average Bonchev–Trinajstić information content (AvgIpc) is 3.20. The van der Waals surface area contributed by atoms with Crippen molar-refractivity contribution in [2.45, 2.75) is 57.5 Å². The molecule has 1 amide bonds. The number of halogens is 2. The third-order valence-electron chi connectivity index (χ3n) is 5.90. The van der Waals surface area contributed by atoms with Crippen LogP contribution in [0.15, 0.2) is 35.0 Å². The molecule has 174 valence electrons. The van der Waals surface area contributed by atoms with E-state index in [1.807, 2.05) is 13.8 Å². The second kappa shape index (κ2) is 10.7. The number of allylic oxidation sites excluding steroid dienone is 1. The maximum absolute atomic E-state index is 13.4. The van der Waals surface area contributed by atoms with Crippen LogP contribution in [0.1, 0.15) is 54.6 Å². The number of aryl methyl sites for hydroxylation is 2. The molecule has 0 bridgehead atoms. The van der Waals surface area contributed by atoms with Crippen molar-refractivity contribution in [1.29, 1.82) is 0 Å². The molecule has 0 spiro atoms. The predicted octanol–water partition coefficient (Wildman–Crippen LogP) is 5.22. The van der Waals surface area contributed by atoms with E-state index in [1.54, 1.807) is 10.6 Å². The number of hydrogen-bond donors (Lipinski definition) is 1. The van der Waals surface area contributed by atoms with Gasteiger partial charge in [0.05, 0.1) is 5.75 Å². The van der Waals surface area contributed by atoms with Gasteiger partial charge >= 0.3 is 0 Å². The van der Waals surface area contributed by atoms with Crippen LogP contribution in [0.2, 0.25) is 5.02 Å². The molecule has 0 aliphatic heterocycles. The third-order valence-corrected chi connectivity index (χ3v) is 7.09. The number of nitrogens with zero attached hydrogens (tertiary/aromatic N) is 4. The molecule has 33 heavy (non-hydrogen) atoms. The fourth-order valence-electron chi connectivity index (χ4n) is 4.04. The summed E-state index contributed by atoms with van der Waals surface area (Å²) in [7, 11) is 0. The molecule has 0 saturated carbocycles. The summed E-state index contributed by atoms with van der Waals surface area (Å²) in [5, 5.41) is 8.41. The Morgan fingerprint density at radius 2 is 2.12 bits per heavy atom. The third kappa shape index (κ3) is 5.92. The zero-order valence-corrected chi connectivity index (χ0v) is 20.4. The van der Waals surface area contributed by atoms with Crippen LogP contribution < -0.4 is 5.32 Å². The Labute approximate surface area is 202 Å². The summed E-state index contributed by atoms with van der Waals surface area (Å²) >= 11 is 7.51. The van der Waals surface area contributed by atoms with Gasteiger partial charge in [0.2, 0.25) is 11.1 Å². The molecule has 0 radical (unpaired) electrons. The van der Waals surface area contributed by atoms with E-state index in [9.17, 15) is 9.18 Å². The van der Waals surface area contributed by atoms with Gasteiger partial charge in [-0.1, -0.05) is 41.1 Å². The highest BCUT2D eigenvalue weighted by atomic mass is 35.5. The van der Waals surface area contributed by atoms with Crippen molar-refractivity contribution in [1.82, 2.24) is 24.9 Å². The van der Waals surface area contributed by atoms with E-state index >= 15 is 0 Å². The number of rotatable bonds is 8. The summed E-state index contributed by atoms with van der Waals surface area (Å²) in [5.41, 5.74) is 4.94. The topological polar surface area (TPSA) is 72.2 Å². The van der Waals surface area contributed by atoms with Gasteiger partial charge in [-0.15, -0.1) is 5.10 Å². The second-order valence-electron chi connectivity index (χ2n) is 8.28. The minimum absolute atomic E-state index is 0.0252. The molecule has 1 aliphatic carbocycles. The number of carbonyl (C=O) groups excluding carboxylic acids is 1. The van der Waals surface area contributed by atoms with Gasteiger partial charge in [0.15, 0.2) is 0 Å². The smallest absolute Gasteiger partial charge is 0.253 e. The Balaban J connectivity index is 1.39. The number of fused-ring (bicyclic) bond motifs is 1. The van der Waals surface area contributed by atoms with E-state index < -0.39 is 0 Å². The van der Waals surface area contributed by atoms with Crippen LogP contribution in [0.25, 0.3) is 5.78 Å². The Kier molecular flexibility index (Phi) is 7.65. The van der Waals surface area contributed by atoms with E-state index in [0.29, 0.717) is 28.9 Å². The Morgan fingerprint density at radius 1 is 1.27 bits per heavy atom. The molecule has 3 aromatic rings. The standard InChI is InChI=1S/C24H27ClFN5OS/c1-15-20(12-18-8-9-19(26)13-21(18)25)16(2)31-23(28-15)29-24(30-31)33-14-22(32)27-11-10-17-6-4-3-5-7-17/h6,8-9,13H,3-5,7,10-12,14H2,1-2H3,(H,27,32). The normalized spacial score (nSPS) is 13.9. The molecular formula is C24H27ClFN5OS. The zero-order chi connectivity index (χ0) is 23.4. The molecular weight excluding hydrogens is 461 g/mol. The number of benzene rings is 1. The highest BCUT2D eigenvalue weighted by Crippen LogP contribution is 2.25. The summed E-state index contributed by atoms with van der Waals surface area (Å²) in [5.74, 6) is 0.360. The van der Waals surface area contributed by atoms with Crippen molar-refractivity contribution in [3.05, 3.63) is 63.2 Å². The van der Waals surface area contributed by atoms with E-state index in [2.05, 4.69) is 26.5 Å². The number of amides is 1. The maximum atomic E-state index is 13.4. The van der Waals surface area contributed by atoms with Crippen LogP contribution in [0, 0.1) is 19.7 Å². The van der Waals surface area contributed by atoms with Crippen molar-refractivity contribution in [2.24, 2.45) is 0 Å². The van der Waals surface area contributed by atoms with Gasteiger partial charge in [-0.2, -0.15) is 4.98 Å². The Hall–Kier alpha value is -2.45. The van der Waals surface area contributed by atoms with Crippen LogP contribution in [-0.4, -0.2) is 37.8 Å². The van der Waals surface area contributed by atoms with Crippen molar-refractivity contribution in [3.8, 4) is 0 Å². The molecule has 0 atom stereocenters. The number of thioether (sulfide) groups is 1. The molecule has 1 aliphatic rings. The van der Waals surface area contributed by atoms with Crippen molar-refractivity contribution in [2.75, 3.05) is 12.3 Å². The molecule has 0 saturated heterocycles. The quantitative estimate of drug-likeness (QED) is 0.348. The SMILES string of the molecule is Cc1nc2nc(SCC(=O)NCCC3=CCCCC3)nn2c(C)c1Cc1ccc(F)cc1Cl. The lowest BCUT2D eigenvalue weighted by atomic mass is 9.97. The van der Waals surface area contributed by atoms with Crippen molar-refractivity contribution in [3.63, 3.8) is 0 Å². The molecule has 0 unspecified atom stereocenters. The van der Waals surface area contributed by atoms with E-state index in [0.717, 1.165) is 41.8 Å². The van der Waals surface area contributed by atoms with Gasteiger partial charge in [-0.05, 0) is 69.2 Å². The summed E-state index contributed by atoms with van der Waals surface area (Å²) in [4.78, 5) is 21.3. The van der Waals surface area contributed by atoms with E-state index in [4.69, 9.17) is 11.6 Å². The predicted molar refractivity (Wildman–Crippen MR) is 129 cm³/mol. The molecule has 1 N–H and O–H groups in total. The lowest BCUT2D eigenvalue weighted by molar-refractivity contribution is -0.118. The molecule has 6 nitrogen and oxygen atoms in total. The van der Waals surface area contributed by atoms with Gasteiger partial charge in [-0.25, -0.2) is 13.9 Å². The van der Waals surface area contributed by atoms with Crippen LogP contribution in [0.4, 0.5) is 4.39 Å². The van der Waals surface area contributed by atoms with E-state index in [-0.39, 0.29) is 17.5 Å². The van der Waals surface area contributed by atoms with Crippen LogP contribution in [-0.2, 0) is 11.2 Å². The van der Waals surface area contributed by atoms with Crippen molar-refractivity contribution >= 4 is 35.0 Å². The number of aromatic nitrogens is 4. The second-order valence-corrected chi connectivity index (χ2v) is 9.63. The van der Waals surface area contributed by atoms with Gasteiger partial charge in [-0.3, -0.25) is 4.79 Å². The zero-order valence-electron chi connectivity index (χ0n) is 18.8. The van der Waals surface area contributed by atoms with Crippen LogP contribution in [0.3, 0.4) is 0 Å². The number of nitrogens with one attached hydrogen (secondary N) is 1. The van der Waals surface area contributed by atoms with Gasteiger partial charge in [0, 0.05) is 29.4 Å². The van der Waals surface area contributed by atoms with Crippen molar-refractivity contribution < 1.29 is 9.18 Å². The average molecular weight is 488 g/mol. The first-order chi connectivity index (χ1) is 15.9. The van der Waals surface area contributed by atoms with Gasteiger partial charge in [0.1, 0.15) is 5.82 Å². The lowest BCUT2D eigenvalue weighted by Gasteiger charge is -2.12. The molecule has 2 aromatic heterocycles. The van der Waals surface area contributed by atoms with Crippen LogP contribution >= 0.6 is 23.4 Å². The highest BCUT2D eigenvalue weighted by molar-refractivity contribution is 7.99. The Morgan fingerprint density at radius 3 is 2.88 bits per heavy atom. The first-order valence-electron chi connectivity index (χ1n) is 11.1. The van der Waals surface area contributed by atoms with Gasteiger partial charge < -0.3 is 5.32 Å². The van der Waals surface area contributed by atoms with Gasteiger partial charge in [0.25, 0.3) is 5.78 Å². The Bertz CT molecular complexity index is 1210. The summed E-state index contributed by atoms with van der Waals surface area (Å²) < 4.78 is 15.1. The first-order valence-corrected chi connectivity index (χ1v) is 12.5. The number of hydrogen-bond acceptors (Lipinski definition) is 5. The minimum atomic E-state index is -0.362. The molecule has 4 rings (SSSR count). The minimum Gasteiger partial charge on any atom is -0.355 e. The molecule has 0 fully saturated rings. The largest absolute Gasteiger partial charge is 0.355 e. The summed E-state index contributed by atoms with van der Waals surface area (Å²) in [6, 6.07) is 4.40. The highest BCUT2D eigenvalue weighted by Gasteiger charge is 2.16. The first kappa shape index (κ1) is 23.7. The summed E-state index contributed by atoms with van der Waals surface area (Å²) in [6.07, 6.45) is 8.57. The lowest BCUT2D eigenvalue weighted by Crippen LogP contribution is -2.26. The molecule has 1 aromatic carbocycles.